The van der Waals surface area contributed by atoms with Gasteiger partial charge in [-0.1, -0.05) is 54.6 Å². The number of nitrogens with two attached hydrogens (primary N) is 1. The van der Waals surface area contributed by atoms with Gasteiger partial charge in [0.15, 0.2) is 5.82 Å². The lowest BCUT2D eigenvalue weighted by molar-refractivity contribution is 1.27. The molecule has 0 aliphatic heterocycles. The van der Waals surface area contributed by atoms with Gasteiger partial charge in [0.1, 0.15) is 5.01 Å². The minimum Gasteiger partial charge on any atom is -0.308 e. The van der Waals surface area contributed by atoms with Crippen molar-refractivity contribution in [1.82, 2.24) is 4.98 Å². The summed E-state index contributed by atoms with van der Waals surface area (Å²) in [6, 6.07) is 18.7. The number of rotatable bonds is 3. The van der Waals surface area contributed by atoms with E-state index in [1.165, 1.54) is 11.1 Å². The number of anilines is 1. The Morgan fingerprint density at radius 3 is 2.11 bits per heavy atom. The Labute approximate surface area is 115 Å². The maximum atomic E-state index is 5.34. The fraction of sp³-hybridized carbons (Fsp3) is 0. The van der Waals surface area contributed by atoms with Crippen LogP contribution in [0.25, 0.3) is 21.7 Å². The van der Waals surface area contributed by atoms with Gasteiger partial charge in [-0.3, -0.25) is 0 Å². The molecule has 19 heavy (non-hydrogen) atoms. The summed E-state index contributed by atoms with van der Waals surface area (Å²) in [5.41, 5.74) is 6.08. The summed E-state index contributed by atoms with van der Waals surface area (Å²) in [6.45, 7) is 0. The van der Waals surface area contributed by atoms with Crippen LogP contribution in [-0.2, 0) is 0 Å². The topological polar surface area (TPSA) is 50.9 Å². The quantitative estimate of drug-likeness (QED) is 0.561. The maximum Gasteiger partial charge on any atom is 0.151 e. The Morgan fingerprint density at radius 1 is 0.842 bits per heavy atom. The Kier molecular flexibility index (Phi) is 3.27. The van der Waals surface area contributed by atoms with Crippen molar-refractivity contribution in [2.24, 2.45) is 5.84 Å². The first-order valence-electron chi connectivity index (χ1n) is 5.95. The number of aromatic nitrogens is 1. The van der Waals surface area contributed by atoms with Crippen LogP contribution in [0.5, 0.6) is 0 Å². The SMILES string of the molecule is NNc1csc(-c2ccc(-c3ccccc3)cc2)n1. The summed E-state index contributed by atoms with van der Waals surface area (Å²) in [6.07, 6.45) is 0. The Bertz CT molecular complexity index is 659. The van der Waals surface area contributed by atoms with E-state index in [4.69, 9.17) is 5.84 Å². The van der Waals surface area contributed by atoms with E-state index < -0.39 is 0 Å². The third kappa shape index (κ3) is 2.50. The minimum absolute atomic E-state index is 0.701. The molecule has 0 atom stereocenters. The van der Waals surface area contributed by atoms with E-state index in [2.05, 4.69) is 46.8 Å². The Morgan fingerprint density at radius 2 is 1.47 bits per heavy atom. The summed E-state index contributed by atoms with van der Waals surface area (Å²) < 4.78 is 0. The van der Waals surface area contributed by atoms with Gasteiger partial charge in [0.2, 0.25) is 0 Å². The van der Waals surface area contributed by atoms with Gasteiger partial charge in [-0.2, -0.15) is 0 Å². The first kappa shape index (κ1) is 11.9. The van der Waals surface area contributed by atoms with E-state index in [1.807, 2.05) is 23.6 Å². The third-order valence-electron chi connectivity index (χ3n) is 2.89. The van der Waals surface area contributed by atoms with Crippen molar-refractivity contribution in [3.63, 3.8) is 0 Å². The van der Waals surface area contributed by atoms with Crippen molar-refractivity contribution in [2.45, 2.75) is 0 Å². The molecule has 3 aromatic rings. The van der Waals surface area contributed by atoms with Crippen LogP contribution >= 0.6 is 11.3 Å². The second-order valence-corrected chi connectivity index (χ2v) is 4.98. The number of nitrogen functional groups attached to an aromatic ring is 1. The normalized spacial score (nSPS) is 10.4. The summed E-state index contributed by atoms with van der Waals surface area (Å²) in [5.74, 6) is 6.04. The predicted octanol–water partition coefficient (Wildman–Crippen LogP) is 3.76. The van der Waals surface area contributed by atoms with Gasteiger partial charge in [0, 0.05) is 10.9 Å². The fourth-order valence-corrected chi connectivity index (χ4v) is 2.68. The van der Waals surface area contributed by atoms with Crippen LogP contribution in [0.15, 0.2) is 60.0 Å². The molecule has 3 nitrogen and oxygen atoms in total. The zero-order valence-corrected chi connectivity index (χ0v) is 11.0. The smallest absolute Gasteiger partial charge is 0.151 e. The second kappa shape index (κ2) is 5.22. The zero-order valence-electron chi connectivity index (χ0n) is 10.2. The van der Waals surface area contributed by atoms with Crippen molar-refractivity contribution in [2.75, 3.05) is 5.43 Å². The molecule has 3 N–H and O–H groups in total. The van der Waals surface area contributed by atoms with Crippen LogP contribution < -0.4 is 11.3 Å². The molecular weight excluding hydrogens is 254 g/mol. The molecule has 0 radical (unpaired) electrons. The number of thiazole rings is 1. The Balaban J connectivity index is 1.90. The molecule has 0 saturated carbocycles. The summed E-state index contributed by atoms with van der Waals surface area (Å²) in [4.78, 5) is 4.38. The average Bonchev–Trinajstić information content (AvgIpc) is 2.97. The monoisotopic (exact) mass is 267 g/mol. The number of nitrogens with zero attached hydrogens (tertiary/aromatic N) is 1. The summed E-state index contributed by atoms with van der Waals surface area (Å²) in [7, 11) is 0. The molecule has 2 aromatic carbocycles. The molecule has 1 heterocycles. The lowest BCUT2D eigenvalue weighted by Gasteiger charge is -2.02. The van der Waals surface area contributed by atoms with Gasteiger partial charge in [-0.05, 0) is 11.1 Å². The summed E-state index contributed by atoms with van der Waals surface area (Å²) in [5, 5.41) is 2.87. The first-order valence-corrected chi connectivity index (χ1v) is 6.83. The Hall–Kier alpha value is -2.17. The molecule has 0 bridgehead atoms. The highest BCUT2D eigenvalue weighted by Gasteiger charge is 2.04. The van der Waals surface area contributed by atoms with Crippen molar-refractivity contribution in [3.8, 4) is 21.7 Å². The number of hydrogen-bond donors (Lipinski definition) is 2. The number of hydrazine groups is 1. The highest BCUT2D eigenvalue weighted by atomic mass is 32.1. The van der Waals surface area contributed by atoms with Gasteiger partial charge in [-0.15, -0.1) is 11.3 Å². The van der Waals surface area contributed by atoms with Gasteiger partial charge >= 0.3 is 0 Å². The number of nitrogens with one attached hydrogen (secondary N) is 1. The lowest BCUT2D eigenvalue weighted by atomic mass is 10.0. The molecule has 0 amide bonds. The molecule has 0 aliphatic carbocycles. The third-order valence-corrected chi connectivity index (χ3v) is 3.78. The van der Waals surface area contributed by atoms with E-state index >= 15 is 0 Å². The average molecular weight is 267 g/mol. The van der Waals surface area contributed by atoms with E-state index in [0.29, 0.717) is 5.82 Å². The van der Waals surface area contributed by atoms with E-state index in [1.54, 1.807) is 11.3 Å². The molecule has 0 spiro atoms. The largest absolute Gasteiger partial charge is 0.308 e. The molecule has 0 fully saturated rings. The number of hydrogen-bond acceptors (Lipinski definition) is 4. The molecule has 0 unspecified atom stereocenters. The van der Waals surface area contributed by atoms with Crippen LogP contribution in [0, 0.1) is 0 Å². The standard InChI is InChI=1S/C15H13N3S/c16-18-14-10-19-15(17-14)13-8-6-12(7-9-13)11-4-2-1-3-5-11/h1-10,18H,16H2. The van der Waals surface area contributed by atoms with Crippen LogP contribution in [0.4, 0.5) is 5.82 Å². The highest BCUT2D eigenvalue weighted by Crippen LogP contribution is 2.28. The maximum absolute atomic E-state index is 5.34. The van der Waals surface area contributed by atoms with Gasteiger partial charge in [0.05, 0.1) is 0 Å². The van der Waals surface area contributed by atoms with Crippen molar-refractivity contribution in [1.29, 1.82) is 0 Å². The van der Waals surface area contributed by atoms with Crippen LogP contribution in [0.2, 0.25) is 0 Å². The zero-order chi connectivity index (χ0) is 13.1. The van der Waals surface area contributed by atoms with E-state index in [-0.39, 0.29) is 0 Å². The summed E-state index contributed by atoms with van der Waals surface area (Å²) >= 11 is 1.58. The molecule has 4 heteroatoms. The molecule has 0 saturated heterocycles. The first-order chi connectivity index (χ1) is 9.36. The van der Waals surface area contributed by atoms with Gasteiger partial charge < -0.3 is 5.43 Å². The van der Waals surface area contributed by atoms with Gasteiger partial charge in [-0.25, -0.2) is 10.8 Å². The van der Waals surface area contributed by atoms with E-state index in [0.717, 1.165) is 10.6 Å². The molecular formula is C15H13N3S. The molecule has 94 valence electrons. The van der Waals surface area contributed by atoms with Crippen molar-refractivity contribution >= 4 is 17.2 Å². The van der Waals surface area contributed by atoms with Crippen LogP contribution in [-0.4, -0.2) is 4.98 Å². The van der Waals surface area contributed by atoms with Crippen LogP contribution in [0.3, 0.4) is 0 Å². The fourth-order valence-electron chi connectivity index (χ4n) is 1.91. The van der Waals surface area contributed by atoms with Gasteiger partial charge in [0.25, 0.3) is 0 Å². The second-order valence-electron chi connectivity index (χ2n) is 4.13. The minimum atomic E-state index is 0.701. The molecule has 1 aromatic heterocycles. The molecule has 0 aliphatic rings. The van der Waals surface area contributed by atoms with Crippen molar-refractivity contribution in [3.05, 3.63) is 60.0 Å². The number of benzene rings is 2. The van der Waals surface area contributed by atoms with E-state index in [9.17, 15) is 0 Å². The van der Waals surface area contributed by atoms with Crippen molar-refractivity contribution < 1.29 is 0 Å². The predicted molar refractivity (Wildman–Crippen MR) is 80.8 cm³/mol. The van der Waals surface area contributed by atoms with Crippen LogP contribution in [0.1, 0.15) is 0 Å². The molecule has 3 rings (SSSR count). The lowest BCUT2D eigenvalue weighted by Crippen LogP contribution is -2.06. The highest BCUT2D eigenvalue weighted by molar-refractivity contribution is 7.13.